The molecule has 3 heteroatoms. The molecule has 1 rings (SSSR count). The number of ketones is 2. The summed E-state index contributed by atoms with van der Waals surface area (Å²) in [6.07, 6.45) is 5.69. The van der Waals surface area contributed by atoms with Crippen LogP contribution in [0.5, 0.6) is 0 Å². The maximum atomic E-state index is 12.1. The van der Waals surface area contributed by atoms with Crippen molar-refractivity contribution in [2.24, 2.45) is 5.41 Å². The van der Waals surface area contributed by atoms with Gasteiger partial charge in [0.25, 0.3) is 0 Å². The second-order valence-electron chi connectivity index (χ2n) is 6.35. The van der Waals surface area contributed by atoms with Crippen LogP contribution >= 0.6 is 0 Å². The maximum Gasteiger partial charge on any atom is 0.168 e. The van der Waals surface area contributed by atoms with Crippen LogP contribution < -0.4 is 5.32 Å². The molecule has 1 aliphatic rings. The molecule has 0 bridgehead atoms. The lowest BCUT2D eigenvalue weighted by atomic mass is 9.73. The molecule has 1 saturated carbocycles. The van der Waals surface area contributed by atoms with Crippen LogP contribution in [-0.2, 0) is 9.59 Å². The van der Waals surface area contributed by atoms with E-state index in [1.807, 2.05) is 20.8 Å². The van der Waals surface area contributed by atoms with E-state index in [2.05, 4.69) is 12.2 Å². The highest BCUT2D eigenvalue weighted by atomic mass is 16.2. The van der Waals surface area contributed by atoms with Gasteiger partial charge in [0.15, 0.2) is 11.6 Å². The number of hydrogen-bond donors (Lipinski definition) is 1. The van der Waals surface area contributed by atoms with E-state index in [0.29, 0.717) is 18.4 Å². The molecule has 1 aliphatic carbocycles. The molecule has 1 N–H and O–H groups in total. The standard InChI is InChI=1S/C16H27NO2/c1-5-6-7-8-9-17-12(2)15-13(18)10-16(3,4)11-14(15)19/h17H,5-11H2,1-4H3. The molecule has 108 valence electrons. The molecule has 0 aromatic carbocycles. The molecule has 19 heavy (non-hydrogen) atoms. The van der Waals surface area contributed by atoms with Gasteiger partial charge in [-0.2, -0.15) is 0 Å². The summed E-state index contributed by atoms with van der Waals surface area (Å²) in [7, 11) is 0. The Kier molecular flexibility index (Phi) is 5.77. The number of nitrogens with one attached hydrogen (secondary N) is 1. The predicted molar refractivity (Wildman–Crippen MR) is 77.9 cm³/mol. The van der Waals surface area contributed by atoms with E-state index in [1.54, 1.807) is 0 Å². The fourth-order valence-electron chi connectivity index (χ4n) is 2.60. The first kappa shape index (κ1) is 15.9. The lowest BCUT2D eigenvalue weighted by Crippen LogP contribution is -2.34. The Balaban J connectivity index is 2.58. The number of carbonyl (C=O) groups excluding carboxylic acids is 2. The number of Topliss-reactive ketones (excluding diaryl/α,β-unsaturated/α-hetero) is 2. The summed E-state index contributed by atoms with van der Waals surface area (Å²) in [4.78, 5) is 24.2. The Labute approximate surface area is 116 Å². The third-order valence-corrected chi connectivity index (χ3v) is 3.63. The largest absolute Gasteiger partial charge is 0.388 e. The molecule has 0 radical (unpaired) electrons. The van der Waals surface area contributed by atoms with Crippen LogP contribution in [0, 0.1) is 5.41 Å². The van der Waals surface area contributed by atoms with Gasteiger partial charge < -0.3 is 5.32 Å². The summed E-state index contributed by atoms with van der Waals surface area (Å²) in [5.41, 5.74) is 0.996. The van der Waals surface area contributed by atoms with Crippen LogP contribution in [0.1, 0.15) is 66.2 Å². The summed E-state index contributed by atoms with van der Waals surface area (Å²) in [6.45, 7) is 8.84. The van der Waals surface area contributed by atoms with Crippen LogP contribution in [0.15, 0.2) is 11.3 Å². The smallest absolute Gasteiger partial charge is 0.168 e. The van der Waals surface area contributed by atoms with Gasteiger partial charge in [-0.15, -0.1) is 0 Å². The number of allylic oxidation sites excluding steroid dienone is 2. The van der Waals surface area contributed by atoms with Gasteiger partial charge in [-0.1, -0.05) is 40.0 Å². The van der Waals surface area contributed by atoms with Gasteiger partial charge in [0.05, 0.1) is 5.57 Å². The topological polar surface area (TPSA) is 46.2 Å². The van der Waals surface area contributed by atoms with E-state index in [4.69, 9.17) is 0 Å². The fourth-order valence-corrected chi connectivity index (χ4v) is 2.60. The van der Waals surface area contributed by atoms with Gasteiger partial charge >= 0.3 is 0 Å². The van der Waals surface area contributed by atoms with Crippen LogP contribution in [0.4, 0.5) is 0 Å². The highest BCUT2D eigenvalue weighted by Crippen LogP contribution is 2.34. The lowest BCUT2D eigenvalue weighted by Gasteiger charge is -2.29. The fraction of sp³-hybridized carbons (Fsp3) is 0.750. The van der Waals surface area contributed by atoms with Gasteiger partial charge in [0, 0.05) is 25.1 Å². The van der Waals surface area contributed by atoms with Crippen molar-refractivity contribution >= 4 is 11.6 Å². The SMILES string of the molecule is CCCCCCNC(C)=C1C(=O)CC(C)(C)CC1=O. The number of unbranched alkanes of at least 4 members (excludes halogenated alkanes) is 3. The minimum Gasteiger partial charge on any atom is -0.388 e. The van der Waals surface area contributed by atoms with E-state index >= 15 is 0 Å². The molecule has 0 heterocycles. The Morgan fingerprint density at radius 2 is 1.68 bits per heavy atom. The van der Waals surface area contributed by atoms with Crippen molar-refractivity contribution in [3.8, 4) is 0 Å². The second-order valence-corrected chi connectivity index (χ2v) is 6.35. The molecular weight excluding hydrogens is 238 g/mol. The minimum atomic E-state index is -0.181. The quantitative estimate of drug-likeness (QED) is 0.455. The van der Waals surface area contributed by atoms with Crippen molar-refractivity contribution in [3.63, 3.8) is 0 Å². The van der Waals surface area contributed by atoms with Crippen molar-refractivity contribution in [2.45, 2.75) is 66.2 Å². The normalized spacial score (nSPS) is 18.6. The average Bonchev–Trinajstić information content (AvgIpc) is 2.25. The third kappa shape index (κ3) is 4.81. The number of hydrogen-bond acceptors (Lipinski definition) is 3. The number of carbonyl (C=O) groups is 2. The monoisotopic (exact) mass is 265 g/mol. The van der Waals surface area contributed by atoms with Crippen molar-refractivity contribution < 1.29 is 9.59 Å². The van der Waals surface area contributed by atoms with Crippen molar-refractivity contribution in [1.82, 2.24) is 5.32 Å². The Morgan fingerprint density at radius 3 is 2.21 bits per heavy atom. The summed E-state index contributed by atoms with van der Waals surface area (Å²) >= 11 is 0. The van der Waals surface area contributed by atoms with Crippen molar-refractivity contribution in [1.29, 1.82) is 0 Å². The first-order valence-corrected chi connectivity index (χ1v) is 7.38. The van der Waals surface area contributed by atoms with E-state index in [-0.39, 0.29) is 17.0 Å². The Bertz CT molecular complexity index is 358. The average molecular weight is 265 g/mol. The van der Waals surface area contributed by atoms with Crippen LogP contribution in [-0.4, -0.2) is 18.1 Å². The molecular formula is C16H27NO2. The summed E-state index contributed by atoms with van der Waals surface area (Å²) in [6, 6.07) is 0. The van der Waals surface area contributed by atoms with Crippen molar-refractivity contribution in [3.05, 3.63) is 11.3 Å². The van der Waals surface area contributed by atoms with E-state index in [9.17, 15) is 9.59 Å². The van der Waals surface area contributed by atoms with Gasteiger partial charge in [0.2, 0.25) is 0 Å². The zero-order valence-corrected chi connectivity index (χ0v) is 12.8. The highest BCUT2D eigenvalue weighted by molar-refractivity contribution is 6.22. The van der Waals surface area contributed by atoms with Gasteiger partial charge in [0.1, 0.15) is 0 Å². The summed E-state index contributed by atoms with van der Waals surface area (Å²) in [5, 5.41) is 3.24. The first-order valence-electron chi connectivity index (χ1n) is 7.38. The van der Waals surface area contributed by atoms with Crippen LogP contribution in [0.3, 0.4) is 0 Å². The molecule has 0 saturated heterocycles. The van der Waals surface area contributed by atoms with E-state index in [1.165, 1.54) is 19.3 Å². The second kappa shape index (κ2) is 6.88. The summed E-state index contributed by atoms with van der Waals surface area (Å²) in [5.74, 6) is -0.000355. The van der Waals surface area contributed by atoms with Crippen molar-refractivity contribution in [2.75, 3.05) is 6.54 Å². The molecule has 0 spiro atoms. The molecule has 0 amide bonds. The molecule has 0 aromatic heterocycles. The first-order chi connectivity index (χ1) is 8.87. The Morgan fingerprint density at radius 1 is 1.11 bits per heavy atom. The van der Waals surface area contributed by atoms with Gasteiger partial charge in [-0.25, -0.2) is 0 Å². The number of rotatable bonds is 6. The summed E-state index contributed by atoms with van der Waals surface area (Å²) < 4.78 is 0. The maximum absolute atomic E-state index is 12.1. The molecule has 3 nitrogen and oxygen atoms in total. The molecule has 0 aromatic rings. The Hall–Kier alpha value is -1.12. The predicted octanol–water partition coefficient (Wildman–Crippen LogP) is 3.39. The minimum absolute atomic E-state index is 0.000178. The molecule has 0 unspecified atom stereocenters. The zero-order chi connectivity index (χ0) is 14.5. The molecule has 0 atom stereocenters. The zero-order valence-electron chi connectivity index (χ0n) is 12.8. The van der Waals surface area contributed by atoms with Crippen LogP contribution in [0.2, 0.25) is 0 Å². The third-order valence-electron chi connectivity index (χ3n) is 3.63. The highest BCUT2D eigenvalue weighted by Gasteiger charge is 2.36. The van der Waals surface area contributed by atoms with Gasteiger partial charge in [-0.05, 0) is 18.8 Å². The van der Waals surface area contributed by atoms with E-state index in [0.717, 1.165) is 18.7 Å². The van der Waals surface area contributed by atoms with Crippen LogP contribution in [0.25, 0.3) is 0 Å². The van der Waals surface area contributed by atoms with E-state index < -0.39 is 0 Å². The van der Waals surface area contributed by atoms with Gasteiger partial charge in [-0.3, -0.25) is 9.59 Å². The lowest BCUT2D eigenvalue weighted by molar-refractivity contribution is -0.127. The molecule has 1 fully saturated rings. The molecule has 0 aliphatic heterocycles.